The molecule has 0 bridgehead atoms. The van der Waals surface area contributed by atoms with Crippen molar-refractivity contribution in [3.8, 4) is 0 Å². The lowest BCUT2D eigenvalue weighted by Crippen LogP contribution is -2.40. The molecule has 1 amide bonds. The van der Waals surface area contributed by atoms with E-state index in [2.05, 4.69) is 28.7 Å². The van der Waals surface area contributed by atoms with Crippen molar-refractivity contribution in [1.82, 2.24) is 15.5 Å². The second kappa shape index (κ2) is 6.30. The van der Waals surface area contributed by atoms with E-state index < -0.39 is 0 Å². The largest absolute Gasteiger partial charge is 0.380 e. The maximum atomic E-state index is 12.3. The highest BCUT2D eigenvalue weighted by Gasteiger charge is 2.30. The smallest absolute Gasteiger partial charge is 0.241 e. The van der Waals surface area contributed by atoms with Crippen molar-refractivity contribution in [2.75, 3.05) is 33.8 Å². The van der Waals surface area contributed by atoms with E-state index in [-0.39, 0.29) is 18.1 Å². The Labute approximate surface area is 126 Å². The fraction of sp³-hybridized carbons (Fsp3) is 0.688. The summed E-state index contributed by atoms with van der Waals surface area (Å²) in [5.74, 6) is 0.0813. The van der Waals surface area contributed by atoms with Gasteiger partial charge in [0.15, 0.2) is 0 Å². The molecule has 1 fully saturated rings. The van der Waals surface area contributed by atoms with Crippen molar-refractivity contribution in [3.63, 3.8) is 0 Å². The van der Waals surface area contributed by atoms with Crippen LogP contribution in [-0.2, 0) is 9.53 Å². The third kappa shape index (κ3) is 3.36. The number of rotatable bonds is 3. The molecule has 0 radical (unpaired) electrons. The molecule has 5 nitrogen and oxygen atoms in total. The van der Waals surface area contributed by atoms with Gasteiger partial charge in [-0.1, -0.05) is 5.57 Å². The van der Waals surface area contributed by atoms with Gasteiger partial charge in [-0.15, -0.1) is 0 Å². The minimum atomic E-state index is -0.122. The average Bonchev–Trinajstić information content (AvgIpc) is 2.96. The van der Waals surface area contributed by atoms with E-state index in [0.29, 0.717) is 0 Å². The highest BCUT2D eigenvalue weighted by atomic mass is 16.5. The fourth-order valence-corrected chi connectivity index (χ4v) is 3.40. The molecule has 5 heteroatoms. The number of carbonyl (C=O) groups excluding carboxylic acids is 1. The Balaban J connectivity index is 1.60. The molecular formula is C16H25N3O2. The predicted octanol–water partition coefficient (Wildman–Crippen LogP) is 0.789. The van der Waals surface area contributed by atoms with Crippen molar-refractivity contribution >= 4 is 5.91 Å². The molecule has 3 rings (SSSR count). The Kier molecular flexibility index (Phi) is 4.42. The highest BCUT2D eigenvalue weighted by molar-refractivity contribution is 5.83. The lowest BCUT2D eigenvalue weighted by molar-refractivity contribution is -0.122. The highest BCUT2D eigenvalue weighted by Crippen LogP contribution is 2.28. The molecule has 0 aromatic heterocycles. The third-order valence-electron chi connectivity index (χ3n) is 4.75. The van der Waals surface area contributed by atoms with Crippen LogP contribution in [0.4, 0.5) is 0 Å². The van der Waals surface area contributed by atoms with Gasteiger partial charge >= 0.3 is 0 Å². The molecule has 1 saturated heterocycles. The number of amides is 1. The van der Waals surface area contributed by atoms with Gasteiger partial charge in [-0.3, -0.25) is 4.79 Å². The zero-order valence-corrected chi connectivity index (χ0v) is 12.9. The Hall–Kier alpha value is -1.17. The Morgan fingerprint density at radius 3 is 3.05 bits per heavy atom. The summed E-state index contributed by atoms with van der Waals surface area (Å²) in [4.78, 5) is 14.7. The summed E-state index contributed by atoms with van der Waals surface area (Å²) < 4.78 is 5.29. The summed E-state index contributed by atoms with van der Waals surface area (Å²) in [5, 5.41) is 6.33. The number of carbonyl (C=O) groups is 1. The number of nitrogens with one attached hydrogen (secondary N) is 2. The van der Waals surface area contributed by atoms with Crippen LogP contribution in [0.25, 0.3) is 0 Å². The van der Waals surface area contributed by atoms with Crippen LogP contribution in [0.15, 0.2) is 22.9 Å². The van der Waals surface area contributed by atoms with Gasteiger partial charge in [-0.25, -0.2) is 0 Å². The van der Waals surface area contributed by atoms with Gasteiger partial charge in [-0.2, -0.15) is 0 Å². The summed E-state index contributed by atoms with van der Waals surface area (Å²) in [7, 11) is 3.87. The summed E-state index contributed by atoms with van der Waals surface area (Å²) >= 11 is 0. The van der Waals surface area contributed by atoms with Crippen molar-refractivity contribution in [1.29, 1.82) is 0 Å². The molecule has 2 aliphatic heterocycles. The van der Waals surface area contributed by atoms with Crippen LogP contribution >= 0.6 is 0 Å². The number of hydrogen-bond acceptors (Lipinski definition) is 4. The molecule has 3 aliphatic rings. The van der Waals surface area contributed by atoms with Crippen LogP contribution in [0, 0.1) is 0 Å². The third-order valence-corrected chi connectivity index (χ3v) is 4.75. The van der Waals surface area contributed by atoms with Crippen LogP contribution in [-0.4, -0.2) is 56.7 Å². The fourth-order valence-electron chi connectivity index (χ4n) is 3.40. The van der Waals surface area contributed by atoms with Crippen LogP contribution in [0.1, 0.15) is 25.7 Å². The number of ether oxygens (including phenoxy) is 1. The number of likely N-dealkylation sites (N-methyl/N-ethyl adjacent to an activating group) is 1. The van der Waals surface area contributed by atoms with Gasteiger partial charge in [0.2, 0.25) is 5.91 Å². The molecule has 1 unspecified atom stereocenters. The molecule has 2 heterocycles. The second-order valence-corrected chi connectivity index (χ2v) is 6.33. The zero-order valence-electron chi connectivity index (χ0n) is 12.9. The Bertz CT molecular complexity index is 484. The predicted molar refractivity (Wildman–Crippen MR) is 81.8 cm³/mol. The minimum Gasteiger partial charge on any atom is -0.380 e. The van der Waals surface area contributed by atoms with Crippen LogP contribution in [0.5, 0.6) is 0 Å². The van der Waals surface area contributed by atoms with Crippen molar-refractivity contribution in [2.24, 2.45) is 0 Å². The molecule has 2 N–H and O–H groups in total. The van der Waals surface area contributed by atoms with E-state index in [1.165, 1.54) is 5.57 Å². The molecule has 116 valence electrons. The Morgan fingerprint density at radius 2 is 2.29 bits per heavy atom. The second-order valence-electron chi connectivity index (χ2n) is 6.33. The molecule has 0 aromatic carbocycles. The van der Waals surface area contributed by atoms with Gasteiger partial charge in [0.1, 0.15) is 0 Å². The molecule has 1 aliphatic carbocycles. The monoisotopic (exact) mass is 291 g/mol. The van der Waals surface area contributed by atoms with Gasteiger partial charge < -0.3 is 20.3 Å². The van der Waals surface area contributed by atoms with E-state index >= 15 is 0 Å². The number of nitrogens with zero attached hydrogens (tertiary/aromatic N) is 1. The maximum absolute atomic E-state index is 12.3. The first-order valence-corrected chi connectivity index (χ1v) is 7.82. The standard InChI is InChI=1S/C16H25N3O2/c1-19-6-5-11-7-13(4-3-12(11)10-19)18-16(20)15-8-14(21-2)9-17-15/h7,14-15,17H,3-6,8-10H2,1-2H3,(H,18,20)/t14?,15-/m1/s1. The van der Waals surface area contributed by atoms with Crippen molar-refractivity contribution in [2.45, 2.75) is 37.8 Å². The topological polar surface area (TPSA) is 53.6 Å². The lowest BCUT2D eigenvalue weighted by Gasteiger charge is -2.30. The molecule has 21 heavy (non-hydrogen) atoms. The first-order chi connectivity index (χ1) is 10.2. The van der Waals surface area contributed by atoms with E-state index in [1.807, 2.05) is 0 Å². The van der Waals surface area contributed by atoms with Crippen LogP contribution in [0.3, 0.4) is 0 Å². The quantitative estimate of drug-likeness (QED) is 0.807. The summed E-state index contributed by atoms with van der Waals surface area (Å²) in [6, 6.07) is -0.122. The molecular weight excluding hydrogens is 266 g/mol. The SMILES string of the molecule is COC1CN[C@@H](C(=O)NC2=CC3=C(CC2)CN(C)CC3)C1. The summed E-state index contributed by atoms with van der Waals surface area (Å²) in [6.07, 6.45) is 6.23. The molecule has 0 aromatic rings. The van der Waals surface area contributed by atoms with Crippen LogP contribution in [0.2, 0.25) is 0 Å². The number of methoxy groups -OCH3 is 1. The molecule has 2 atom stereocenters. The number of hydrogen-bond donors (Lipinski definition) is 2. The van der Waals surface area contributed by atoms with Gasteiger partial charge in [0.25, 0.3) is 0 Å². The normalized spacial score (nSPS) is 30.1. The van der Waals surface area contributed by atoms with E-state index in [0.717, 1.165) is 51.0 Å². The minimum absolute atomic E-state index is 0.0813. The lowest BCUT2D eigenvalue weighted by atomic mass is 9.90. The summed E-state index contributed by atoms with van der Waals surface area (Å²) in [6.45, 7) is 2.94. The maximum Gasteiger partial charge on any atom is 0.241 e. The molecule has 0 saturated carbocycles. The van der Waals surface area contributed by atoms with Gasteiger partial charge in [0, 0.05) is 32.4 Å². The van der Waals surface area contributed by atoms with Gasteiger partial charge in [0.05, 0.1) is 12.1 Å². The van der Waals surface area contributed by atoms with Gasteiger partial charge in [-0.05, 0) is 44.4 Å². The molecule has 0 spiro atoms. The van der Waals surface area contributed by atoms with E-state index in [9.17, 15) is 4.79 Å². The summed E-state index contributed by atoms with van der Waals surface area (Å²) in [5.41, 5.74) is 4.05. The zero-order chi connectivity index (χ0) is 14.8. The van der Waals surface area contributed by atoms with Crippen LogP contribution < -0.4 is 10.6 Å². The van der Waals surface area contributed by atoms with E-state index in [1.54, 1.807) is 12.7 Å². The number of allylic oxidation sites excluding steroid dienone is 2. The Morgan fingerprint density at radius 1 is 1.43 bits per heavy atom. The average molecular weight is 291 g/mol. The first kappa shape index (κ1) is 14.8. The van der Waals surface area contributed by atoms with Crippen molar-refractivity contribution in [3.05, 3.63) is 22.9 Å². The van der Waals surface area contributed by atoms with Crippen molar-refractivity contribution < 1.29 is 9.53 Å². The van der Waals surface area contributed by atoms with E-state index in [4.69, 9.17) is 4.74 Å². The first-order valence-electron chi connectivity index (χ1n) is 7.82.